The van der Waals surface area contributed by atoms with Gasteiger partial charge in [0.1, 0.15) is 5.69 Å². The minimum atomic E-state index is -0.917. The van der Waals surface area contributed by atoms with Gasteiger partial charge in [-0.15, -0.1) is 0 Å². The topological polar surface area (TPSA) is 123 Å². The van der Waals surface area contributed by atoms with Gasteiger partial charge in [0.2, 0.25) is 0 Å². The Morgan fingerprint density at radius 3 is 2.26 bits per heavy atom. The van der Waals surface area contributed by atoms with Crippen molar-refractivity contribution in [2.75, 3.05) is 13.2 Å². The third-order valence-corrected chi connectivity index (χ3v) is 2.46. The van der Waals surface area contributed by atoms with E-state index < -0.39 is 17.2 Å². The lowest BCUT2D eigenvalue weighted by atomic mass is 10.1. The molecule has 1 aromatic rings. The second kappa shape index (κ2) is 8.97. The molecule has 0 radical (unpaired) electrons. The van der Waals surface area contributed by atoms with Crippen LogP contribution in [0.3, 0.4) is 0 Å². The van der Waals surface area contributed by atoms with Crippen molar-refractivity contribution in [3.8, 4) is 0 Å². The van der Waals surface area contributed by atoms with Gasteiger partial charge in [-0.05, 0) is 47.6 Å². The number of ether oxygens (including phenoxy) is 1. The average Bonchev–Trinajstić information content (AvgIpc) is 2.67. The van der Waals surface area contributed by atoms with Crippen molar-refractivity contribution in [3.05, 3.63) is 17.5 Å². The smallest absolute Gasteiger partial charge is 0.356 e. The largest absolute Gasteiger partial charge is 0.461 e. The molecule has 0 aliphatic heterocycles. The molecule has 0 aromatic carbocycles. The Balaban J connectivity index is 0.000000585. The third-order valence-electron chi connectivity index (χ3n) is 2.46. The molecule has 0 saturated heterocycles. The highest BCUT2D eigenvalue weighted by Crippen LogP contribution is 2.11. The van der Waals surface area contributed by atoms with Crippen molar-refractivity contribution in [1.29, 1.82) is 0 Å². The van der Waals surface area contributed by atoms with Crippen molar-refractivity contribution >= 4 is 5.97 Å². The van der Waals surface area contributed by atoms with Crippen molar-refractivity contribution in [2.45, 2.75) is 59.3 Å². The minimum Gasteiger partial charge on any atom is -0.461 e. The van der Waals surface area contributed by atoms with Crippen molar-refractivity contribution < 1.29 is 19.7 Å². The number of nitrogens with zero attached hydrogens (tertiary/aromatic N) is 2. The molecule has 0 bridgehead atoms. The van der Waals surface area contributed by atoms with Crippen LogP contribution in [0.15, 0.2) is 6.07 Å². The fourth-order valence-electron chi connectivity index (χ4n) is 1.65. The van der Waals surface area contributed by atoms with E-state index in [9.17, 15) is 9.90 Å². The summed E-state index contributed by atoms with van der Waals surface area (Å²) in [6.07, 6.45) is 0. The van der Waals surface area contributed by atoms with E-state index in [-0.39, 0.29) is 6.54 Å². The normalized spacial score (nSPS) is 11.7. The first-order valence-electron chi connectivity index (χ1n) is 7.49. The molecule has 134 valence electrons. The highest BCUT2D eigenvalue weighted by atomic mass is 16.5. The highest BCUT2D eigenvalue weighted by molar-refractivity contribution is 5.87. The molecule has 0 amide bonds. The molecular weight excluding hydrogens is 300 g/mol. The van der Waals surface area contributed by atoms with Gasteiger partial charge < -0.3 is 14.9 Å². The number of aryl methyl sites for hydroxylation is 1. The molecule has 0 fully saturated rings. The summed E-state index contributed by atoms with van der Waals surface area (Å²) in [6.45, 7) is 11.3. The maximum atomic E-state index is 11.6. The van der Waals surface area contributed by atoms with Crippen LogP contribution in [0.2, 0.25) is 0 Å². The van der Waals surface area contributed by atoms with Crippen molar-refractivity contribution in [2.24, 2.45) is 5.84 Å². The summed E-state index contributed by atoms with van der Waals surface area (Å²) in [6, 6.07) is 1.66. The zero-order valence-corrected chi connectivity index (χ0v) is 14.9. The van der Waals surface area contributed by atoms with E-state index in [2.05, 4.69) is 10.5 Å². The Labute approximate surface area is 137 Å². The van der Waals surface area contributed by atoms with Gasteiger partial charge >= 0.3 is 5.97 Å². The number of carbonyl (C=O) groups excluding carboxylic acids is 1. The van der Waals surface area contributed by atoms with Crippen molar-refractivity contribution in [1.82, 2.24) is 15.2 Å². The highest BCUT2D eigenvalue weighted by Gasteiger charge is 2.20. The second-order valence-corrected chi connectivity index (χ2v) is 6.55. The molecule has 0 unspecified atom stereocenters. The summed E-state index contributed by atoms with van der Waals surface area (Å²) in [5.74, 6) is 4.49. The first-order valence-corrected chi connectivity index (χ1v) is 7.49. The van der Waals surface area contributed by atoms with Gasteiger partial charge in [-0.25, -0.2) is 4.79 Å². The molecule has 0 spiro atoms. The van der Waals surface area contributed by atoms with Gasteiger partial charge in [-0.3, -0.25) is 16.0 Å². The summed E-state index contributed by atoms with van der Waals surface area (Å²) in [5, 5.41) is 22.7. The molecular formula is C15H30N4O4. The van der Waals surface area contributed by atoms with E-state index in [0.717, 1.165) is 5.69 Å². The Bertz CT molecular complexity index is 487. The van der Waals surface area contributed by atoms with Gasteiger partial charge in [0.25, 0.3) is 0 Å². The standard InChI is InChI=1S/C11H18N2O3.C4H12N2O/c1-5-16-10(14)9-6-8(2)12-13(9)7-11(3,4)15;1-4(2,7)3-6-5/h6,15H,5,7H2,1-4H3;6-7H,3,5H2,1-2H3. The lowest BCUT2D eigenvalue weighted by Gasteiger charge is -2.18. The molecule has 8 nitrogen and oxygen atoms in total. The van der Waals surface area contributed by atoms with Crippen LogP contribution < -0.4 is 11.3 Å². The summed E-state index contributed by atoms with van der Waals surface area (Å²) in [7, 11) is 0. The van der Waals surface area contributed by atoms with Gasteiger partial charge in [0.05, 0.1) is 30.0 Å². The summed E-state index contributed by atoms with van der Waals surface area (Å²) in [5.41, 5.74) is 1.86. The average molecular weight is 330 g/mol. The van der Waals surface area contributed by atoms with Crippen LogP contribution in [0, 0.1) is 6.92 Å². The van der Waals surface area contributed by atoms with Gasteiger partial charge in [0, 0.05) is 6.54 Å². The van der Waals surface area contributed by atoms with Crippen LogP contribution >= 0.6 is 0 Å². The molecule has 0 aliphatic carbocycles. The Hall–Kier alpha value is -1.48. The fraction of sp³-hybridized carbons (Fsp3) is 0.733. The van der Waals surface area contributed by atoms with Gasteiger partial charge in [-0.1, -0.05) is 0 Å². The van der Waals surface area contributed by atoms with Crippen LogP contribution in [0.4, 0.5) is 0 Å². The van der Waals surface area contributed by atoms with Crippen LogP contribution in [0.1, 0.15) is 50.8 Å². The van der Waals surface area contributed by atoms with E-state index in [0.29, 0.717) is 18.8 Å². The van der Waals surface area contributed by atoms with E-state index >= 15 is 0 Å². The Kier molecular flexibility index (Phi) is 8.39. The zero-order valence-electron chi connectivity index (χ0n) is 14.9. The number of hydrogen-bond acceptors (Lipinski definition) is 7. The van der Waals surface area contributed by atoms with Crippen molar-refractivity contribution in [3.63, 3.8) is 0 Å². The predicted octanol–water partition coefficient (Wildman–Crippen LogP) is 0.360. The van der Waals surface area contributed by atoms with Crippen LogP contribution in [0.25, 0.3) is 0 Å². The Morgan fingerprint density at radius 1 is 1.35 bits per heavy atom. The van der Waals surface area contributed by atoms with Crippen LogP contribution in [0.5, 0.6) is 0 Å². The SMILES string of the molecule is CC(C)(O)CNN.CCOC(=O)c1cc(C)nn1CC(C)(C)O. The number of aliphatic hydroxyl groups is 2. The molecule has 0 atom stereocenters. The van der Waals surface area contributed by atoms with Crippen LogP contribution in [-0.2, 0) is 11.3 Å². The molecule has 1 rings (SSSR count). The summed E-state index contributed by atoms with van der Waals surface area (Å²) in [4.78, 5) is 11.6. The van der Waals surface area contributed by atoms with E-state index in [1.165, 1.54) is 4.68 Å². The minimum absolute atomic E-state index is 0.259. The zero-order chi connectivity index (χ0) is 18.3. The fourth-order valence-corrected chi connectivity index (χ4v) is 1.65. The molecule has 5 N–H and O–H groups in total. The number of rotatable bonds is 6. The number of carbonyl (C=O) groups is 1. The van der Waals surface area contributed by atoms with Crippen LogP contribution in [-0.4, -0.2) is 50.3 Å². The maximum Gasteiger partial charge on any atom is 0.356 e. The predicted molar refractivity (Wildman–Crippen MR) is 87.7 cm³/mol. The number of aromatic nitrogens is 2. The van der Waals surface area contributed by atoms with E-state index in [1.54, 1.807) is 47.6 Å². The summed E-state index contributed by atoms with van der Waals surface area (Å²) < 4.78 is 6.39. The number of nitrogens with two attached hydrogens (primary N) is 1. The first kappa shape index (κ1) is 21.5. The number of nitrogens with one attached hydrogen (secondary N) is 1. The molecule has 23 heavy (non-hydrogen) atoms. The first-order chi connectivity index (χ1) is 10.4. The molecule has 0 aliphatic rings. The number of hydrazine groups is 1. The van der Waals surface area contributed by atoms with E-state index in [1.807, 2.05) is 0 Å². The second-order valence-electron chi connectivity index (χ2n) is 6.55. The van der Waals surface area contributed by atoms with Gasteiger partial charge in [-0.2, -0.15) is 5.10 Å². The lowest BCUT2D eigenvalue weighted by molar-refractivity contribution is 0.0452. The number of esters is 1. The van der Waals surface area contributed by atoms with Gasteiger partial charge in [0.15, 0.2) is 0 Å². The molecule has 0 saturated carbocycles. The van der Waals surface area contributed by atoms with E-state index in [4.69, 9.17) is 15.7 Å². The quantitative estimate of drug-likeness (QED) is 0.337. The lowest BCUT2D eigenvalue weighted by Crippen LogP contribution is -2.38. The Morgan fingerprint density at radius 2 is 1.91 bits per heavy atom. The molecule has 8 heteroatoms. The summed E-state index contributed by atoms with van der Waals surface area (Å²) >= 11 is 0. The monoisotopic (exact) mass is 330 g/mol. The third kappa shape index (κ3) is 10.0. The molecule has 1 heterocycles. The molecule has 1 aromatic heterocycles. The maximum absolute atomic E-state index is 11.6. The number of hydrogen-bond donors (Lipinski definition) is 4.